The summed E-state index contributed by atoms with van der Waals surface area (Å²) in [6.07, 6.45) is 6.70. The minimum Gasteiger partial charge on any atom is -0.456 e. The molecular formula is C54H34N2O2. The van der Waals surface area contributed by atoms with E-state index in [1.807, 2.05) is 0 Å². The van der Waals surface area contributed by atoms with Gasteiger partial charge in [0.05, 0.1) is 16.6 Å². The number of aryl methyl sites for hydroxylation is 1. The molecule has 272 valence electrons. The summed E-state index contributed by atoms with van der Waals surface area (Å²) in [4.78, 5) is 0. The summed E-state index contributed by atoms with van der Waals surface area (Å²) in [5.41, 5.74) is 16.8. The molecule has 0 unspecified atom stereocenters. The number of rotatable bonds is 4. The van der Waals surface area contributed by atoms with Gasteiger partial charge < -0.3 is 18.0 Å². The van der Waals surface area contributed by atoms with Crippen molar-refractivity contribution in [1.29, 1.82) is 0 Å². The quantitative estimate of drug-likeness (QED) is 0.180. The lowest BCUT2D eigenvalue weighted by molar-refractivity contribution is 0.656. The Morgan fingerprint density at radius 2 is 0.914 bits per heavy atom. The first-order valence-electron chi connectivity index (χ1n) is 20.0. The number of hydrogen-bond acceptors (Lipinski definition) is 2. The van der Waals surface area contributed by atoms with E-state index in [-0.39, 0.29) is 0 Å². The molecule has 0 spiro atoms. The Hall–Kier alpha value is -7.56. The van der Waals surface area contributed by atoms with Crippen LogP contribution in [0.5, 0.6) is 0 Å². The normalized spacial score (nSPS) is 13.0. The highest BCUT2D eigenvalue weighted by atomic mass is 16.3. The van der Waals surface area contributed by atoms with Crippen LogP contribution in [0.1, 0.15) is 17.7 Å². The van der Waals surface area contributed by atoms with Crippen LogP contribution >= 0.6 is 0 Å². The topological polar surface area (TPSA) is 36.1 Å². The smallest absolute Gasteiger partial charge is 0.139 e. The first-order valence-corrected chi connectivity index (χ1v) is 20.0. The summed E-state index contributed by atoms with van der Waals surface area (Å²) in [6, 6.07) is 61.3. The van der Waals surface area contributed by atoms with Crippen molar-refractivity contribution in [2.75, 3.05) is 0 Å². The third kappa shape index (κ3) is 4.57. The van der Waals surface area contributed by atoms with Crippen LogP contribution in [-0.2, 0) is 6.42 Å². The molecule has 0 atom stereocenters. The number of para-hydroxylation sites is 3. The van der Waals surface area contributed by atoms with Crippen molar-refractivity contribution in [2.24, 2.45) is 0 Å². The minimum atomic E-state index is 0.824. The summed E-state index contributed by atoms with van der Waals surface area (Å²) in [6.45, 7) is 0. The second kappa shape index (κ2) is 12.0. The number of nitrogens with zero attached hydrogens (tertiary/aromatic N) is 2. The average Bonchev–Trinajstić information content (AvgIpc) is 4.02. The Morgan fingerprint density at radius 3 is 1.60 bits per heavy atom. The molecule has 0 aliphatic heterocycles. The van der Waals surface area contributed by atoms with Gasteiger partial charge in [0.1, 0.15) is 22.3 Å². The third-order valence-corrected chi connectivity index (χ3v) is 12.4. The lowest BCUT2D eigenvalue weighted by Crippen LogP contribution is -1.99. The molecule has 0 N–H and O–H groups in total. The number of fused-ring (bicyclic) bond motifs is 12. The Kier molecular flexibility index (Phi) is 6.53. The third-order valence-electron chi connectivity index (χ3n) is 12.4. The summed E-state index contributed by atoms with van der Waals surface area (Å²) >= 11 is 0. The maximum Gasteiger partial charge on any atom is 0.139 e. The van der Waals surface area contributed by atoms with Gasteiger partial charge in [0.2, 0.25) is 0 Å². The number of hydrogen-bond donors (Lipinski definition) is 0. The Bertz CT molecular complexity index is 3630. The highest BCUT2D eigenvalue weighted by molar-refractivity contribution is 6.16. The zero-order valence-corrected chi connectivity index (χ0v) is 31.4. The lowest BCUT2D eigenvalue weighted by Gasteiger charge is -2.11. The fraction of sp³-hybridized carbons (Fsp3) is 0.0370. The van der Waals surface area contributed by atoms with E-state index in [2.05, 4.69) is 191 Å². The molecule has 58 heavy (non-hydrogen) atoms. The second-order valence-electron chi connectivity index (χ2n) is 15.6. The predicted molar refractivity (Wildman–Crippen MR) is 240 cm³/mol. The molecule has 4 heteroatoms. The zero-order chi connectivity index (χ0) is 37.9. The van der Waals surface area contributed by atoms with Crippen LogP contribution in [0.25, 0.3) is 116 Å². The van der Waals surface area contributed by atoms with Crippen molar-refractivity contribution in [3.05, 3.63) is 187 Å². The SMILES string of the molecule is C1=Cc2c(c3cc(-c4ccc5oc6cc7oc8ccc(-c9cccc(-n%10c%11ccccc%11c%11ccccc%11%10)c9)cc8c7cc6c5c4)ccc3n2-c2ccccc2)CC1. The van der Waals surface area contributed by atoms with Crippen LogP contribution in [0, 0.1) is 0 Å². The molecule has 0 radical (unpaired) electrons. The highest BCUT2D eigenvalue weighted by Crippen LogP contribution is 2.41. The van der Waals surface area contributed by atoms with Crippen LogP contribution in [0.4, 0.5) is 0 Å². The van der Waals surface area contributed by atoms with Gasteiger partial charge in [-0.15, -0.1) is 0 Å². The Morgan fingerprint density at radius 1 is 0.362 bits per heavy atom. The molecule has 0 saturated carbocycles. The van der Waals surface area contributed by atoms with Gasteiger partial charge in [-0.25, -0.2) is 0 Å². The molecule has 8 aromatic carbocycles. The molecule has 4 nitrogen and oxygen atoms in total. The lowest BCUT2D eigenvalue weighted by atomic mass is 9.97. The molecule has 4 aromatic heterocycles. The average molecular weight is 743 g/mol. The monoisotopic (exact) mass is 742 g/mol. The molecule has 0 bridgehead atoms. The highest BCUT2D eigenvalue weighted by Gasteiger charge is 2.20. The van der Waals surface area contributed by atoms with E-state index in [0.717, 1.165) is 73.5 Å². The zero-order valence-electron chi connectivity index (χ0n) is 31.4. The summed E-state index contributed by atoms with van der Waals surface area (Å²) < 4.78 is 17.7. The van der Waals surface area contributed by atoms with Gasteiger partial charge in [-0.1, -0.05) is 91.0 Å². The maximum absolute atomic E-state index is 6.47. The largest absolute Gasteiger partial charge is 0.456 e. The van der Waals surface area contributed by atoms with Crippen molar-refractivity contribution in [3.8, 4) is 33.6 Å². The number of allylic oxidation sites excluding steroid dienone is 1. The minimum absolute atomic E-state index is 0.824. The molecule has 0 fully saturated rings. The van der Waals surface area contributed by atoms with Gasteiger partial charge in [-0.2, -0.15) is 0 Å². The van der Waals surface area contributed by atoms with E-state index < -0.39 is 0 Å². The fourth-order valence-electron chi connectivity index (χ4n) is 9.70. The van der Waals surface area contributed by atoms with E-state index >= 15 is 0 Å². The molecule has 1 aliphatic carbocycles. The number of benzene rings is 8. The number of furan rings is 2. The fourth-order valence-corrected chi connectivity index (χ4v) is 9.70. The van der Waals surface area contributed by atoms with E-state index in [4.69, 9.17) is 8.83 Å². The molecule has 13 rings (SSSR count). The van der Waals surface area contributed by atoms with Gasteiger partial charge in [0.25, 0.3) is 0 Å². The molecule has 12 aromatic rings. The van der Waals surface area contributed by atoms with Crippen LogP contribution < -0.4 is 0 Å². The molecular weight excluding hydrogens is 709 g/mol. The van der Waals surface area contributed by atoms with Gasteiger partial charge in [0.15, 0.2) is 0 Å². The van der Waals surface area contributed by atoms with E-state index in [0.29, 0.717) is 0 Å². The van der Waals surface area contributed by atoms with Crippen LogP contribution in [0.15, 0.2) is 185 Å². The Balaban J connectivity index is 0.927. The second-order valence-corrected chi connectivity index (χ2v) is 15.6. The molecule has 4 heterocycles. The van der Waals surface area contributed by atoms with E-state index in [1.165, 1.54) is 60.8 Å². The van der Waals surface area contributed by atoms with Crippen LogP contribution in [-0.4, -0.2) is 9.13 Å². The van der Waals surface area contributed by atoms with Crippen molar-refractivity contribution < 1.29 is 8.83 Å². The first-order chi connectivity index (χ1) is 28.7. The van der Waals surface area contributed by atoms with Crippen molar-refractivity contribution in [1.82, 2.24) is 9.13 Å². The molecule has 0 amide bonds. The van der Waals surface area contributed by atoms with Gasteiger partial charge in [0, 0.05) is 60.8 Å². The van der Waals surface area contributed by atoms with Gasteiger partial charge in [-0.05, 0) is 126 Å². The van der Waals surface area contributed by atoms with Crippen LogP contribution in [0.2, 0.25) is 0 Å². The van der Waals surface area contributed by atoms with Gasteiger partial charge in [-0.3, -0.25) is 0 Å². The van der Waals surface area contributed by atoms with Crippen molar-refractivity contribution in [3.63, 3.8) is 0 Å². The maximum atomic E-state index is 6.47. The Labute approximate surface area is 333 Å². The van der Waals surface area contributed by atoms with Crippen molar-refractivity contribution >= 4 is 82.7 Å². The van der Waals surface area contributed by atoms with E-state index in [9.17, 15) is 0 Å². The summed E-state index contributed by atoms with van der Waals surface area (Å²) in [7, 11) is 0. The van der Waals surface area contributed by atoms with E-state index in [1.54, 1.807) is 0 Å². The number of aromatic nitrogens is 2. The molecule has 0 saturated heterocycles. The van der Waals surface area contributed by atoms with Crippen molar-refractivity contribution in [2.45, 2.75) is 12.8 Å². The standard InChI is InChI=1S/C54H34N2O2/c1-2-12-37(13-3-1)55-49-20-9-6-17-41(49)42-28-34(21-24-50(42)55)36-23-26-52-44(30-36)46-31-45-43-29-35(22-25-51(43)57-53(45)32-54(46)58-52)33-11-10-14-38(27-33)56-47-18-7-4-15-39(47)40-16-5-8-19-48(40)56/h1-5,7-16,18-32H,6,17H2. The summed E-state index contributed by atoms with van der Waals surface area (Å²) in [5.74, 6) is 0. The summed E-state index contributed by atoms with van der Waals surface area (Å²) in [5, 5.41) is 8.21. The first kappa shape index (κ1) is 31.6. The predicted octanol–water partition coefficient (Wildman–Crippen LogP) is 14.8. The molecule has 1 aliphatic rings. The van der Waals surface area contributed by atoms with Crippen LogP contribution in [0.3, 0.4) is 0 Å². The van der Waals surface area contributed by atoms with Gasteiger partial charge >= 0.3 is 0 Å².